The first-order valence-corrected chi connectivity index (χ1v) is 20.7. The molecule has 11 nitrogen and oxygen atoms in total. The summed E-state index contributed by atoms with van der Waals surface area (Å²) in [6, 6.07) is 10.2. The SMILES string of the molecule is CC(=O)Cc1ccnc(C(C)(C)C(F)(F)F)c1.CC(C)NC(C)C.CON(C)C(C)([O-])Cc1ccnc(C(C)(C)C(F)(F)F)c1.CON(C)C(C)=O.Cc1ccnc(C(C)(C)C(F)(F)F)c1.[Li+]. The van der Waals surface area contributed by atoms with Gasteiger partial charge in [0.25, 0.3) is 0 Å². The number of nitrogens with one attached hydrogen (secondary N) is 1. The predicted octanol–water partition coefficient (Wildman–Crippen LogP) is 6.74. The van der Waals surface area contributed by atoms with E-state index in [2.05, 4.69) is 52.8 Å². The number of carbonyl (C=O) groups excluding carboxylic acids is 2. The molecule has 3 aromatic heterocycles. The number of ketones is 1. The van der Waals surface area contributed by atoms with Crippen molar-refractivity contribution in [3.05, 3.63) is 88.8 Å². The summed E-state index contributed by atoms with van der Waals surface area (Å²) in [4.78, 5) is 41.8. The molecule has 0 aliphatic carbocycles. The van der Waals surface area contributed by atoms with Crippen molar-refractivity contribution in [3.63, 3.8) is 0 Å². The van der Waals surface area contributed by atoms with Crippen molar-refractivity contribution in [2.75, 3.05) is 28.3 Å². The number of halogens is 9. The van der Waals surface area contributed by atoms with Crippen molar-refractivity contribution in [1.82, 2.24) is 30.4 Å². The number of likely N-dealkylation sites (N-methyl/N-ethyl adjacent to an activating group) is 1. The fourth-order valence-electron chi connectivity index (χ4n) is 4.93. The molecule has 0 saturated heterocycles. The number of aromatic nitrogens is 3. The average molecular weight is 965 g/mol. The molecule has 0 radical (unpaired) electrons. The first-order valence-electron chi connectivity index (χ1n) is 20.7. The number of alkyl halides is 9. The Balaban J connectivity index is -0.000000807. The Morgan fingerprint density at radius 1 is 0.642 bits per heavy atom. The molecule has 67 heavy (non-hydrogen) atoms. The molecule has 3 aromatic rings. The summed E-state index contributed by atoms with van der Waals surface area (Å²) in [5, 5.41) is 17.9. The van der Waals surface area contributed by atoms with Gasteiger partial charge in [0.05, 0.1) is 31.3 Å². The van der Waals surface area contributed by atoms with E-state index in [9.17, 15) is 54.2 Å². The average Bonchev–Trinajstić information content (AvgIpc) is 3.16. The van der Waals surface area contributed by atoms with Crippen LogP contribution in [0.1, 0.15) is 124 Å². The van der Waals surface area contributed by atoms with Crippen LogP contribution in [0.25, 0.3) is 0 Å². The number of hydroxylamine groups is 4. The molecular formula is C46H70F9LiN6O5. The molecule has 1 atom stereocenters. The molecule has 0 aromatic carbocycles. The monoisotopic (exact) mass is 965 g/mol. The van der Waals surface area contributed by atoms with Crippen LogP contribution >= 0.6 is 0 Å². The number of Topliss-reactive ketones (excluding diaryl/α,β-unsaturated/α-hetero) is 1. The maximum Gasteiger partial charge on any atom is 1.00 e. The van der Waals surface area contributed by atoms with Crippen LogP contribution in [-0.2, 0) is 48.4 Å². The van der Waals surface area contributed by atoms with E-state index in [0.717, 1.165) is 57.2 Å². The normalized spacial score (nSPS) is 13.0. The van der Waals surface area contributed by atoms with Crippen LogP contribution in [-0.4, -0.2) is 101 Å². The molecule has 0 fully saturated rings. The van der Waals surface area contributed by atoms with Crippen molar-refractivity contribution in [2.24, 2.45) is 0 Å². The van der Waals surface area contributed by atoms with E-state index in [0.29, 0.717) is 23.2 Å². The fraction of sp³-hybridized carbons (Fsp3) is 0.630. The third kappa shape index (κ3) is 23.5. The van der Waals surface area contributed by atoms with Gasteiger partial charge in [-0.25, -0.2) is 10.1 Å². The van der Waals surface area contributed by atoms with Crippen molar-refractivity contribution in [3.8, 4) is 0 Å². The van der Waals surface area contributed by atoms with Crippen LogP contribution in [0.15, 0.2) is 55.0 Å². The van der Waals surface area contributed by atoms with Gasteiger partial charge in [0.1, 0.15) is 22.0 Å². The Morgan fingerprint density at radius 3 is 1.25 bits per heavy atom. The van der Waals surface area contributed by atoms with Gasteiger partial charge in [0.15, 0.2) is 0 Å². The van der Waals surface area contributed by atoms with Gasteiger partial charge in [-0.3, -0.25) is 29.4 Å². The maximum atomic E-state index is 13.0. The molecule has 3 heterocycles. The van der Waals surface area contributed by atoms with Gasteiger partial charge in [0.2, 0.25) is 5.91 Å². The quantitative estimate of drug-likeness (QED) is 0.0902. The predicted molar refractivity (Wildman–Crippen MR) is 235 cm³/mol. The summed E-state index contributed by atoms with van der Waals surface area (Å²) in [5.74, 6) is -0.186. The Kier molecular flexibility index (Phi) is 28.4. The van der Waals surface area contributed by atoms with Gasteiger partial charge in [0, 0.05) is 58.1 Å². The van der Waals surface area contributed by atoms with Crippen molar-refractivity contribution < 1.29 is 82.7 Å². The molecular weight excluding hydrogens is 894 g/mol. The minimum absolute atomic E-state index is 0. The largest absolute Gasteiger partial charge is 1.00 e. The van der Waals surface area contributed by atoms with Gasteiger partial charge < -0.3 is 15.3 Å². The molecule has 378 valence electrons. The number of nitrogens with zero attached hydrogens (tertiary/aromatic N) is 5. The van der Waals surface area contributed by atoms with E-state index in [4.69, 9.17) is 4.84 Å². The van der Waals surface area contributed by atoms with E-state index in [-0.39, 0.29) is 60.5 Å². The maximum absolute atomic E-state index is 13.0. The molecule has 1 N–H and O–H groups in total. The van der Waals surface area contributed by atoms with Gasteiger partial charge in [-0.05, 0) is 121 Å². The Hall–Kier alpha value is -3.64. The smallest absolute Gasteiger partial charge is 0.836 e. The number of pyridine rings is 3. The number of hydrogen-bond acceptors (Lipinski definition) is 10. The third-order valence-corrected chi connectivity index (χ3v) is 9.92. The van der Waals surface area contributed by atoms with Crippen LogP contribution in [0, 0.1) is 6.92 Å². The van der Waals surface area contributed by atoms with E-state index in [1.165, 1.54) is 84.9 Å². The summed E-state index contributed by atoms with van der Waals surface area (Å²) < 4.78 is 115. The topological polar surface area (TPSA) is 133 Å². The number of rotatable bonds is 12. The zero-order valence-corrected chi connectivity index (χ0v) is 42.4. The molecule has 1 unspecified atom stereocenters. The Bertz CT molecular complexity index is 1920. The first kappa shape index (κ1) is 67.6. The van der Waals surface area contributed by atoms with Gasteiger partial charge in [-0.15, -0.1) is 0 Å². The molecule has 0 bridgehead atoms. The van der Waals surface area contributed by atoms with Gasteiger partial charge in [-0.2, -0.15) is 39.5 Å². The van der Waals surface area contributed by atoms with Crippen LogP contribution in [0.3, 0.4) is 0 Å². The molecule has 21 heteroatoms. The van der Waals surface area contributed by atoms with Crippen LogP contribution in [0.5, 0.6) is 0 Å². The van der Waals surface area contributed by atoms with Crippen LogP contribution < -0.4 is 29.3 Å². The van der Waals surface area contributed by atoms with E-state index in [1.807, 2.05) is 0 Å². The summed E-state index contributed by atoms with van der Waals surface area (Å²) in [5.41, 5.74) is -5.85. The van der Waals surface area contributed by atoms with Crippen LogP contribution in [0.2, 0.25) is 0 Å². The third-order valence-electron chi connectivity index (χ3n) is 9.92. The van der Waals surface area contributed by atoms with Crippen molar-refractivity contribution in [2.45, 2.75) is 162 Å². The van der Waals surface area contributed by atoms with E-state index < -0.39 is 40.5 Å². The molecule has 0 saturated carbocycles. The van der Waals surface area contributed by atoms with Gasteiger partial charge >= 0.3 is 37.4 Å². The summed E-state index contributed by atoms with van der Waals surface area (Å²) in [7, 11) is 5.85. The summed E-state index contributed by atoms with van der Waals surface area (Å²) in [6.45, 7) is 21.2. The molecule has 0 spiro atoms. The second-order valence-electron chi connectivity index (χ2n) is 17.8. The van der Waals surface area contributed by atoms with Gasteiger partial charge in [-0.1, -0.05) is 34.6 Å². The number of aryl methyl sites for hydroxylation is 1. The zero-order chi connectivity index (χ0) is 52.4. The Morgan fingerprint density at radius 2 is 0.985 bits per heavy atom. The van der Waals surface area contributed by atoms with E-state index in [1.54, 1.807) is 26.1 Å². The molecule has 3 rings (SSSR count). The summed E-state index contributed by atoms with van der Waals surface area (Å²) in [6.07, 6.45) is -8.92. The fourth-order valence-corrected chi connectivity index (χ4v) is 4.93. The molecule has 1 amide bonds. The zero-order valence-electron chi connectivity index (χ0n) is 42.4. The van der Waals surface area contributed by atoms with E-state index >= 15 is 0 Å². The van der Waals surface area contributed by atoms with Crippen molar-refractivity contribution >= 4 is 11.7 Å². The van der Waals surface area contributed by atoms with Crippen molar-refractivity contribution in [1.29, 1.82) is 0 Å². The second-order valence-corrected chi connectivity index (χ2v) is 17.8. The number of amides is 1. The number of carbonyl (C=O) groups is 2. The molecule has 0 aliphatic heterocycles. The second kappa shape index (κ2) is 28.1. The van der Waals surface area contributed by atoms with Crippen LogP contribution in [0.4, 0.5) is 39.5 Å². The molecule has 0 aliphatic rings. The minimum atomic E-state index is -4.41. The standard InChI is InChI=1S/C14H20F3N2O2.C12H14F3NO.C10H12F3N.C6H15N.C4H9NO2.Li/c1-12(2,14(15,16)17)11-8-10(6-7-18-11)9-13(3,20)19(4)21-5;1-8(17)6-9-4-5-16-10(7-9)11(2,3)12(13,14)15;1-7-4-5-14-8(6-7)9(2,3)10(11,12)13;1-5(2)7-6(3)4;1-4(6)5(2)7-3;/h6-8H,9H2,1-5H3;4-5,7H,6H2,1-3H3;4-6H,1-3H3;5-7H,1-4H3;1-3H3;/q-1;;;;;+1. The Labute approximate surface area is 403 Å². The summed E-state index contributed by atoms with van der Waals surface area (Å²) >= 11 is 0. The number of hydrogen-bond donors (Lipinski definition) is 1. The first-order chi connectivity index (χ1) is 29.6. The minimum Gasteiger partial charge on any atom is -0.836 e.